The van der Waals surface area contributed by atoms with E-state index in [1.54, 1.807) is 0 Å². The summed E-state index contributed by atoms with van der Waals surface area (Å²) in [6.07, 6.45) is 0. The maximum atomic E-state index is 2.47. The molecule has 42 heavy (non-hydrogen) atoms. The van der Waals surface area contributed by atoms with Crippen molar-refractivity contribution in [3.8, 4) is 5.69 Å². The third-order valence-corrected chi connectivity index (χ3v) is 11.3. The predicted molar refractivity (Wildman–Crippen MR) is 184 cm³/mol. The number of para-hydroxylation sites is 2. The van der Waals surface area contributed by atoms with Crippen LogP contribution in [-0.4, -0.2) is 11.3 Å². The van der Waals surface area contributed by atoms with E-state index in [1.807, 2.05) is 23.5 Å². The highest BCUT2D eigenvalue weighted by Gasteiger charge is 2.39. The Kier molecular flexibility index (Phi) is 5.69. The van der Waals surface area contributed by atoms with Gasteiger partial charge in [-0.1, -0.05) is 131 Å². The highest BCUT2D eigenvalue weighted by molar-refractivity contribution is 8.01. The number of hydrogen-bond acceptors (Lipinski definition) is 2. The van der Waals surface area contributed by atoms with Crippen molar-refractivity contribution in [3.63, 3.8) is 0 Å². The summed E-state index contributed by atoms with van der Waals surface area (Å²) in [5, 5.41) is 2.60. The van der Waals surface area contributed by atoms with Crippen molar-refractivity contribution in [1.82, 2.24) is 4.57 Å². The predicted octanol–water partition coefficient (Wildman–Crippen LogP) is 8.82. The first-order valence-electron chi connectivity index (χ1n) is 14.9. The summed E-state index contributed by atoms with van der Waals surface area (Å²) in [6, 6.07) is 37.0. The first kappa shape index (κ1) is 26.3. The van der Waals surface area contributed by atoms with Gasteiger partial charge in [0.15, 0.2) is 0 Å². The van der Waals surface area contributed by atoms with Crippen molar-refractivity contribution in [2.24, 2.45) is 0 Å². The zero-order valence-corrected chi connectivity index (χ0v) is 26.7. The van der Waals surface area contributed by atoms with Crippen LogP contribution in [0.4, 0.5) is 0 Å². The fourth-order valence-electron chi connectivity index (χ4n) is 6.72. The summed E-state index contributed by atoms with van der Waals surface area (Å²) in [7, 11) is 0. The van der Waals surface area contributed by atoms with Gasteiger partial charge in [-0.05, 0) is 69.9 Å². The van der Waals surface area contributed by atoms with Crippen LogP contribution in [0.2, 0.25) is 0 Å². The van der Waals surface area contributed by atoms with Crippen molar-refractivity contribution in [2.45, 2.75) is 72.0 Å². The van der Waals surface area contributed by atoms with Gasteiger partial charge in [0.05, 0.1) is 11.0 Å². The number of fused-ring (bicyclic) bond motifs is 7. The first-order valence-corrected chi connectivity index (χ1v) is 16.5. The summed E-state index contributed by atoms with van der Waals surface area (Å²) in [5.74, 6) is 0. The summed E-state index contributed by atoms with van der Waals surface area (Å²) in [6.45, 7) is 14.2. The quantitative estimate of drug-likeness (QED) is 0.179. The second-order valence-corrected chi connectivity index (χ2v) is 16.0. The Morgan fingerprint density at radius 1 is 0.524 bits per heavy atom. The molecule has 2 aliphatic heterocycles. The number of benzene rings is 5. The summed E-state index contributed by atoms with van der Waals surface area (Å²) < 4.78 is 2.44. The van der Waals surface area contributed by atoms with Crippen molar-refractivity contribution in [1.29, 1.82) is 0 Å². The molecule has 0 aliphatic carbocycles. The average molecular weight is 580 g/mol. The Labute approximate surface area is 257 Å². The van der Waals surface area contributed by atoms with E-state index in [-0.39, 0.29) is 17.5 Å². The van der Waals surface area contributed by atoms with Gasteiger partial charge in [0.1, 0.15) is 0 Å². The minimum Gasteiger partial charge on any atom is -0.309 e. The number of nitrogens with zero attached hydrogens (tertiary/aromatic N) is 1. The molecule has 0 bridgehead atoms. The standard InChI is InChI=1S/C38H34BNS2/c1-37(2,3)23-15-17-28-32(19-23)41-34-20-24(38(4,5)6)21-35-36(34)39(28)29-18-16-25(22-33(29)42-35)40-30-13-9-7-11-26(30)27-12-8-10-14-31(27)40/h7-22H,1-6H3. The second kappa shape index (κ2) is 9.08. The highest BCUT2D eigenvalue weighted by Crippen LogP contribution is 2.43. The minimum absolute atomic E-state index is 0.0841. The van der Waals surface area contributed by atoms with Crippen LogP contribution in [0, 0.1) is 0 Å². The van der Waals surface area contributed by atoms with Gasteiger partial charge in [0.25, 0.3) is 0 Å². The van der Waals surface area contributed by atoms with Gasteiger partial charge >= 0.3 is 0 Å². The van der Waals surface area contributed by atoms with E-state index in [9.17, 15) is 0 Å². The fourth-order valence-corrected chi connectivity index (χ4v) is 9.28. The van der Waals surface area contributed by atoms with E-state index in [2.05, 4.69) is 143 Å². The van der Waals surface area contributed by atoms with Gasteiger partial charge in [0.2, 0.25) is 6.71 Å². The number of aromatic nitrogens is 1. The summed E-state index contributed by atoms with van der Waals surface area (Å²) in [4.78, 5) is 5.60. The third kappa shape index (κ3) is 3.95. The normalized spacial score (nSPS) is 14.2. The highest BCUT2D eigenvalue weighted by atomic mass is 32.2. The van der Waals surface area contributed by atoms with E-state index in [1.165, 1.54) is 74.6 Å². The molecule has 0 saturated carbocycles. The molecule has 0 radical (unpaired) electrons. The molecule has 8 rings (SSSR count). The van der Waals surface area contributed by atoms with Gasteiger partial charge in [0, 0.05) is 36.0 Å². The summed E-state index contributed by atoms with van der Waals surface area (Å²) in [5.41, 5.74) is 11.1. The van der Waals surface area contributed by atoms with Crippen LogP contribution in [0.25, 0.3) is 27.5 Å². The minimum atomic E-state index is 0.0841. The zero-order valence-electron chi connectivity index (χ0n) is 25.1. The molecule has 1 nitrogen and oxygen atoms in total. The van der Waals surface area contributed by atoms with Crippen LogP contribution in [-0.2, 0) is 10.8 Å². The van der Waals surface area contributed by atoms with Gasteiger partial charge in [-0.25, -0.2) is 0 Å². The molecule has 5 aromatic carbocycles. The molecule has 0 amide bonds. The molecule has 0 atom stereocenters. The molecule has 0 spiro atoms. The van der Waals surface area contributed by atoms with Gasteiger partial charge < -0.3 is 4.57 Å². The molecular weight excluding hydrogens is 545 g/mol. The Balaban J connectivity index is 1.37. The van der Waals surface area contributed by atoms with E-state index in [0.717, 1.165) is 0 Å². The van der Waals surface area contributed by atoms with E-state index >= 15 is 0 Å². The van der Waals surface area contributed by atoms with Crippen molar-refractivity contribution in [3.05, 3.63) is 108 Å². The van der Waals surface area contributed by atoms with Crippen LogP contribution >= 0.6 is 23.5 Å². The Morgan fingerprint density at radius 3 is 1.60 bits per heavy atom. The van der Waals surface area contributed by atoms with Crippen LogP contribution in [0.15, 0.2) is 117 Å². The van der Waals surface area contributed by atoms with Crippen molar-refractivity contribution in [2.75, 3.05) is 0 Å². The molecule has 0 fully saturated rings. The van der Waals surface area contributed by atoms with Crippen LogP contribution < -0.4 is 16.4 Å². The second-order valence-electron chi connectivity index (χ2n) is 13.9. The Hall–Kier alpha value is -3.34. The molecule has 0 N–H and O–H groups in total. The fraction of sp³-hybridized carbons (Fsp3) is 0.211. The van der Waals surface area contributed by atoms with Crippen molar-refractivity contribution >= 4 is 68.4 Å². The maximum Gasteiger partial charge on any atom is 0.247 e. The topological polar surface area (TPSA) is 4.93 Å². The lowest BCUT2D eigenvalue weighted by molar-refractivity contribution is 0.587. The largest absolute Gasteiger partial charge is 0.309 e. The van der Waals surface area contributed by atoms with Gasteiger partial charge in [-0.15, -0.1) is 0 Å². The lowest BCUT2D eigenvalue weighted by Gasteiger charge is -2.35. The molecular formula is C38H34BNS2. The van der Waals surface area contributed by atoms with Crippen LogP contribution in [0.5, 0.6) is 0 Å². The summed E-state index contributed by atoms with van der Waals surface area (Å²) >= 11 is 3.93. The monoisotopic (exact) mass is 579 g/mol. The third-order valence-electron chi connectivity index (χ3n) is 9.04. The van der Waals surface area contributed by atoms with Crippen LogP contribution in [0.3, 0.4) is 0 Å². The number of hydrogen-bond donors (Lipinski definition) is 0. The smallest absolute Gasteiger partial charge is 0.247 e. The molecule has 206 valence electrons. The lowest BCUT2D eigenvalue weighted by Crippen LogP contribution is -2.58. The van der Waals surface area contributed by atoms with E-state index in [0.29, 0.717) is 0 Å². The Morgan fingerprint density at radius 2 is 1.02 bits per heavy atom. The molecule has 6 aromatic rings. The Bertz CT molecular complexity index is 2020. The lowest BCUT2D eigenvalue weighted by atomic mass is 9.36. The molecule has 3 heterocycles. The molecule has 0 saturated heterocycles. The SMILES string of the molecule is CC(C)(C)c1ccc2c(c1)Sc1cc(C(C)(C)C)cc3c1B2c1ccc(-n2c4ccccc4c4ccccc42)cc1S3. The molecule has 4 heteroatoms. The first-order chi connectivity index (χ1) is 20.1. The van der Waals surface area contributed by atoms with Gasteiger partial charge in [-0.3, -0.25) is 0 Å². The zero-order chi connectivity index (χ0) is 29.0. The maximum absolute atomic E-state index is 2.47. The average Bonchev–Trinajstić information content (AvgIpc) is 3.29. The number of rotatable bonds is 1. The van der Waals surface area contributed by atoms with E-state index in [4.69, 9.17) is 0 Å². The molecule has 2 aliphatic rings. The molecule has 1 aromatic heterocycles. The van der Waals surface area contributed by atoms with E-state index < -0.39 is 0 Å². The van der Waals surface area contributed by atoms with Gasteiger partial charge in [-0.2, -0.15) is 0 Å². The van der Waals surface area contributed by atoms with Crippen molar-refractivity contribution < 1.29 is 0 Å². The molecule has 0 unspecified atom stereocenters. The van der Waals surface area contributed by atoms with Crippen LogP contribution in [0.1, 0.15) is 52.7 Å².